The van der Waals surface area contributed by atoms with E-state index in [0.29, 0.717) is 17.9 Å². The summed E-state index contributed by atoms with van der Waals surface area (Å²) in [5, 5.41) is 8.63. The molecule has 0 bridgehead atoms. The van der Waals surface area contributed by atoms with Crippen LogP contribution in [0.5, 0.6) is 5.75 Å². The van der Waals surface area contributed by atoms with E-state index in [-0.39, 0.29) is 18.8 Å². The van der Waals surface area contributed by atoms with Gasteiger partial charge in [-0.3, -0.25) is 4.79 Å². The van der Waals surface area contributed by atoms with E-state index in [1.807, 2.05) is 12.1 Å². The molecule has 0 fully saturated rings. The van der Waals surface area contributed by atoms with Crippen LogP contribution in [-0.4, -0.2) is 24.2 Å². The highest BCUT2D eigenvalue weighted by atomic mass is 16.5. The number of furan rings is 1. The zero-order valence-electron chi connectivity index (χ0n) is 12.1. The van der Waals surface area contributed by atoms with Gasteiger partial charge in [0.2, 0.25) is 5.76 Å². The minimum absolute atomic E-state index is 0.100. The fourth-order valence-electron chi connectivity index (χ4n) is 1.82. The molecule has 1 aromatic carbocycles. The van der Waals surface area contributed by atoms with Crippen LogP contribution in [0.15, 0.2) is 40.8 Å². The van der Waals surface area contributed by atoms with Crippen LogP contribution < -0.4 is 4.74 Å². The summed E-state index contributed by atoms with van der Waals surface area (Å²) in [4.78, 5) is 21.8. The summed E-state index contributed by atoms with van der Waals surface area (Å²) in [6, 6.07) is 10.3. The molecule has 0 amide bonds. The number of aliphatic carboxylic acids is 1. The number of carboxylic acid groups (broad SMARTS) is 1. The molecule has 1 heterocycles. The molecule has 0 aliphatic rings. The Morgan fingerprint density at radius 1 is 1.14 bits per heavy atom. The molecule has 0 saturated heterocycles. The number of esters is 1. The monoisotopic (exact) mass is 304 g/mol. The van der Waals surface area contributed by atoms with Crippen molar-refractivity contribution in [2.45, 2.75) is 19.4 Å². The molecular weight excluding hydrogens is 288 g/mol. The van der Waals surface area contributed by atoms with Gasteiger partial charge in [0, 0.05) is 6.42 Å². The number of hydrogen-bond acceptors (Lipinski definition) is 5. The van der Waals surface area contributed by atoms with Gasteiger partial charge in [-0.1, -0.05) is 12.1 Å². The number of rotatable bonds is 7. The van der Waals surface area contributed by atoms with E-state index in [1.165, 1.54) is 13.2 Å². The summed E-state index contributed by atoms with van der Waals surface area (Å²) >= 11 is 0. The summed E-state index contributed by atoms with van der Waals surface area (Å²) in [5.41, 5.74) is 0.931. The van der Waals surface area contributed by atoms with Crippen LogP contribution in [0.1, 0.15) is 28.3 Å². The molecule has 2 aromatic rings. The molecule has 1 aromatic heterocycles. The molecule has 116 valence electrons. The maximum atomic E-state index is 11.2. The lowest BCUT2D eigenvalue weighted by atomic mass is 10.1. The van der Waals surface area contributed by atoms with Gasteiger partial charge in [0.15, 0.2) is 0 Å². The summed E-state index contributed by atoms with van der Waals surface area (Å²) in [5.74, 6) is -0.0795. The predicted octanol–water partition coefficient (Wildman–Crippen LogP) is 2.66. The first-order valence-electron chi connectivity index (χ1n) is 6.69. The number of methoxy groups -OCH3 is 1. The van der Waals surface area contributed by atoms with Gasteiger partial charge in [0.05, 0.1) is 7.11 Å². The zero-order valence-corrected chi connectivity index (χ0v) is 12.1. The molecular formula is C16H16O6. The lowest BCUT2D eigenvalue weighted by Gasteiger charge is -2.05. The third-order valence-corrected chi connectivity index (χ3v) is 2.98. The molecule has 1 N–H and O–H groups in total. The molecule has 0 saturated carbocycles. The number of benzene rings is 1. The Bertz CT molecular complexity index is 641. The van der Waals surface area contributed by atoms with Crippen LogP contribution in [0.3, 0.4) is 0 Å². The zero-order chi connectivity index (χ0) is 15.9. The van der Waals surface area contributed by atoms with Gasteiger partial charge in [-0.05, 0) is 36.2 Å². The quantitative estimate of drug-likeness (QED) is 0.791. The maximum Gasteiger partial charge on any atom is 0.373 e. The van der Waals surface area contributed by atoms with Gasteiger partial charge in [0.1, 0.15) is 18.1 Å². The maximum absolute atomic E-state index is 11.2. The van der Waals surface area contributed by atoms with Crippen molar-refractivity contribution in [3.05, 3.63) is 53.5 Å². The van der Waals surface area contributed by atoms with Gasteiger partial charge in [-0.25, -0.2) is 4.79 Å². The average molecular weight is 304 g/mol. The van der Waals surface area contributed by atoms with E-state index in [4.69, 9.17) is 14.3 Å². The summed E-state index contributed by atoms with van der Waals surface area (Å²) in [7, 11) is 1.28. The lowest BCUT2D eigenvalue weighted by molar-refractivity contribution is -0.136. The topological polar surface area (TPSA) is 86.0 Å². The Balaban J connectivity index is 1.87. The van der Waals surface area contributed by atoms with Crippen molar-refractivity contribution in [2.75, 3.05) is 7.11 Å². The Labute approximate surface area is 127 Å². The van der Waals surface area contributed by atoms with Crippen LogP contribution in [0.2, 0.25) is 0 Å². The van der Waals surface area contributed by atoms with Gasteiger partial charge in [0.25, 0.3) is 0 Å². The van der Waals surface area contributed by atoms with E-state index in [1.54, 1.807) is 18.2 Å². The van der Waals surface area contributed by atoms with Gasteiger partial charge < -0.3 is 19.0 Å². The molecule has 0 aliphatic carbocycles. The molecule has 22 heavy (non-hydrogen) atoms. The number of ether oxygens (including phenoxy) is 2. The van der Waals surface area contributed by atoms with Crippen LogP contribution >= 0.6 is 0 Å². The van der Waals surface area contributed by atoms with E-state index in [9.17, 15) is 9.59 Å². The van der Waals surface area contributed by atoms with Crippen molar-refractivity contribution in [1.82, 2.24) is 0 Å². The van der Waals surface area contributed by atoms with Crippen LogP contribution in [-0.2, 0) is 22.6 Å². The second-order valence-electron chi connectivity index (χ2n) is 4.58. The van der Waals surface area contributed by atoms with Crippen LogP contribution in [0.25, 0.3) is 0 Å². The highest BCUT2D eigenvalue weighted by Crippen LogP contribution is 2.16. The first-order valence-corrected chi connectivity index (χ1v) is 6.69. The van der Waals surface area contributed by atoms with Gasteiger partial charge in [-0.2, -0.15) is 0 Å². The molecule has 6 nitrogen and oxygen atoms in total. The Kier molecular flexibility index (Phi) is 5.19. The molecule has 2 rings (SSSR count). The van der Waals surface area contributed by atoms with Crippen molar-refractivity contribution >= 4 is 11.9 Å². The number of carbonyl (C=O) groups excluding carboxylic acids is 1. The predicted molar refractivity (Wildman–Crippen MR) is 76.8 cm³/mol. The van der Waals surface area contributed by atoms with Crippen molar-refractivity contribution in [3.63, 3.8) is 0 Å². The number of aryl methyl sites for hydroxylation is 1. The summed E-state index contributed by atoms with van der Waals surface area (Å²) < 4.78 is 15.4. The van der Waals surface area contributed by atoms with Crippen LogP contribution in [0.4, 0.5) is 0 Å². The second kappa shape index (κ2) is 7.31. The standard InChI is InChI=1S/C16H16O6/c1-20-16(19)14-8-7-13(22-14)10-21-12-5-2-11(3-6-12)4-9-15(17)18/h2-3,5-8H,4,9-10H2,1H3,(H,17,18). The lowest BCUT2D eigenvalue weighted by Crippen LogP contribution is -1.99. The third kappa shape index (κ3) is 4.37. The number of carboxylic acids is 1. The van der Waals surface area contributed by atoms with Gasteiger partial charge >= 0.3 is 11.9 Å². The van der Waals surface area contributed by atoms with E-state index in [2.05, 4.69) is 4.74 Å². The first kappa shape index (κ1) is 15.6. The number of carbonyl (C=O) groups is 2. The Morgan fingerprint density at radius 2 is 1.86 bits per heavy atom. The highest BCUT2D eigenvalue weighted by molar-refractivity contribution is 5.86. The summed E-state index contributed by atoms with van der Waals surface area (Å²) in [6.07, 6.45) is 0.583. The van der Waals surface area contributed by atoms with Crippen molar-refractivity contribution in [3.8, 4) is 5.75 Å². The van der Waals surface area contributed by atoms with E-state index in [0.717, 1.165) is 5.56 Å². The highest BCUT2D eigenvalue weighted by Gasteiger charge is 2.11. The molecule has 0 aliphatic heterocycles. The first-order chi connectivity index (χ1) is 10.6. The van der Waals surface area contributed by atoms with Gasteiger partial charge in [-0.15, -0.1) is 0 Å². The number of hydrogen-bond donors (Lipinski definition) is 1. The molecule has 0 atom stereocenters. The van der Waals surface area contributed by atoms with E-state index >= 15 is 0 Å². The van der Waals surface area contributed by atoms with Crippen molar-refractivity contribution in [2.24, 2.45) is 0 Å². The normalized spacial score (nSPS) is 10.2. The molecule has 0 unspecified atom stereocenters. The third-order valence-electron chi connectivity index (χ3n) is 2.98. The average Bonchev–Trinajstić information content (AvgIpc) is 3.00. The molecule has 0 radical (unpaired) electrons. The smallest absolute Gasteiger partial charge is 0.373 e. The Hall–Kier alpha value is -2.76. The van der Waals surface area contributed by atoms with Crippen LogP contribution in [0, 0.1) is 0 Å². The minimum atomic E-state index is -0.820. The second-order valence-corrected chi connectivity index (χ2v) is 4.58. The van der Waals surface area contributed by atoms with Crippen molar-refractivity contribution < 1.29 is 28.6 Å². The van der Waals surface area contributed by atoms with Crippen molar-refractivity contribution in [1.29, 1.82) is 0 Å². The fraction of sp³-hybridized carbons (Fsp3) is 0.250. The Morgan fingerprint density at radius 3 is 2.50 bits per heavy atom. The minimum Gasteiger partial charge on any atom is -0.486 e. The SMILES string of the molecule is COC(=O)c1ccc(COc2ccc(CCC(=O)O)cc2)o1. The summed E-state index contributed by atoms with van der Waals surface area (Å²) in [6.45, 7) is 0.186. The molecule has 0 spiro atoms. The molecule has 6 heteroatoms. The largest absolute Gasteiger partial charge is 0.486 e. The van der Waals surface area contributed by atoms with E-state index < -0.39 is 11.9 Å². The fourth-order valence-corrected chi connectivity index (χ4v) is 1.82.